The van der Waals surface area contributed by atoms with Gasteiger partial charge < -0.3 is 11.1 Å². The molecule has 0 fully saturated rings. The van der Waals surface area contributed by atoms with Crippen LogP contribution >= 0.6 is 0 Å². The lowest BCUT2D eigenvalue weighted by molar-refractivity contribution is 0.912. The number of rotatable bonds is 2. The Hall–Kier alpha value is -3.16. The number of hydrogen-bond donors (Lipinski definition) is 2. The molecular weight excluding hydrogens is 268 g/mol. The summed E-state index contributed by atoms with van der Waals surface area (Å²) in [7, 11) is 1.75. The number of nitrogens with zero attached hydrogens (tertiary/aromatic N) is 6. The van der Waals surface area contributed by atoms with Gasteiger partial charge in [-0.05, 0) is 18.2 Å². The summed E-state index contributed by atoms with van der Waals surface area (Å²) in [6, 6.07) is 5.73. The van der Waals surface area contributed by atoms with Crippen molar-refractivity contribution in [1.82, 2.24) is 29.2 Å². The van der Waals surface area contributed by atoms with Crippen LogP contribution in [0.2, 0.25) is 0 Å². The van der Waals surface area contributed by atoms with Crippen LogP contribution in [-0.4, -0.2) is 36.2 Å². The van der Waals surface area contributed by atoms with Gasteiger partial charge in [0.2, 0.25) is 5.95 Å². The van der Waals surface area contributed by atoms with Gasteiger partial charge in [-0.3, -0.25) is 0 Å². The largest absolute Gasteiger partial charge is 0.382 e. The molecule has 104 valence electrons. The maximum Gasteiger partial charge on any atom is 0.242 e. The van der Waals surface area contributed by atoms with Crippen molar-refractivity contribution in [2.75, 3.05) is 18.1 Å². The van der Waals surface area contributed by atoms with Gasteiger partial charge in [-0.15, -0.1) is 5.10 Å². The number of hydrogen-bond acceptors (Lipinski definition) is 6. The number of anilines is 2. The highest BCUT2D eigenvalue weighted by atomic mass is 15.3. The molecule has 8 nitrogen and oxygen atoms in total. The molecule has 8 heteroatoms. The van der Waals surface area contributed by atoms with E-state index in [-0.39, 0.29) is 0 Å². The average Bonchev–Trinajstić information content (AvgIpc) is 3.12. The number of aromatic nitrogens is 6. The first-order chi connectivity index (χ1) is 10.3. The van der Waals surface area contributed by atoms with Crippen LogP contribution < -0.4 is 11.1 Å². The Balaban J connectivity index is 1.97. The third kappa shape index (κ3) is 1.69. The van der Waals surface area contributed by atoms with Crippen molar-refractivity contribution < 1.29 is 0 Å². The highest BCUT2D eigenvalue weighted by molar-refractivity contribution is 5.86. The lowest BCUT2D eigenvalue weighted by Gasteiger charge is -2.05. The second-order valence-corrected chi connectivity index (χ2v) is 4.54. The predicted octanol–water partition coefficient (Wildman–Crippen LogP) is 1.06. The Bertz CT molecular complexity index is 951. The number of nitrogens with two attached hydrogens (primary N) is 1. The highest BCUT2D eigenvalue weighted by Crippen LogP contribution is 2.27. The van der Waals surface area contributed by atoms with Crippen LogP contribution in [0.15, 0.2) is 36.8 Å². The van der Waals surface area contributed by atoms with Gasteiger partial charge in [-0.25, -0.2) is 14.0 Å². The van der Waals surface area contributed by atoms with Crippen LogP contribution in [0.1, 0.15) is 0 Å². The average molecular weight is 280 g/mol. The first kappa shape index (κ1) is 11.6. The van der Waals surface area contributed by atoms with Crippen LogP contribution in [0.5, 0.6) is 0 Å². The van der Waals surface area contributed by atoms with Gasteiger partial charge in [0.15, 0.2) is 11.5 Å². The third-order valence-corrected chi connectivity index (χ3v) is 3.29. The molecule has 0 aliphatic heterocycles. The predicted molar refractivity (Wildman–Crippen MR) is 78.9 cm³/mol. The lowest BCUT2D eigenvalue weighted by Crippen LogP contribution is -2.05. The smallest absolute Gasteiger partial charge is 0.242 e. The van der Waals surface area contributed by atoms with Gasteiger partial charge in [0.25, 0.3) is 0 Å². The molecule has 21 heavy (non-hydrogen) atoms. The van der Waals surface area contributed by atoms with E-state index in [9.17, 15) is 0 Å². The molecule has 4 heterocycles. The van der Waals surface area contributed by atoms with Gasteiger partial charge in [0.1, 0.15) is 5.52 Å². The molecule has 0 unspecified atom stereocenters. The number of fused-ring (bicyclic) bond motifs is 2. The molecule has 0 amide bonds. The van der Waals surface area contributed by atoms with Crippen molar-refractivity contribution in [3.05, 3.63) is 36.8 Å². The summed E-state index contributed by atoms with van der Waals surface area (Å²) in [6.07, 6.45) is 5.35. The fraction of sp³-hybridized carbons (Fsp3) is 0.0769. The van der Waals surface area contributed by atoms with Gasteiger partial charge in [-0.1, -0.05) is 0 Å². The Morgan fingerprint density at radius 3 is 2.86 bits per heavy atom. The fourth-order valence-electron chi connectivity index (χ4n) is 2.32. The first-order valence-electron chi connectivity index (χ1n) is 6.39. The molecule has 0 aliphatic rings. The van der Waals surface area contributed by atoms with Crippen molar-refractivity contribution in [3.8, 4) is 11.3 Å². The van der Waals surface area contributed by atoms with Crippen LogP contribution in [0.3, 0.4) is 0 Å². The van der Waals surface area contributed by atoms with Crippen LogP contribution in [0.25, 0.3) is 22.4 Å². The number of nitrogen functional groups attached to an aromatic ring is 1. The zero-order chi connectivity index (χ0) is 14.4. The van der Waals surface area contributed by atoms with E-state index in [1.807, 2.05) is 24.4 Å². The zero-order valence-corrected chi connectivity index (χ0v) is 11.2. The van der Waals surface area contributed by atoms with E-state index in [1.165, 1.54) is 0 Å². The number of nitrogens with one attached hydrogen (secondary N) is 1. The topological polar surface area (TPSA) is 98.4 Å². The summed E-state index contributed by atoms with van der Waals surface area (Å²) in [5.74, 6) is 0.877. The molecule has 0 aliphatic carbocycles. The molecule has 0 aromatic carbocycles. The van der Waals surface area contributed by atoms with E-state index in [4.69, 9.17) is 5.73 Å². The summed E-state index contributed by atoms with van der Waals surface area (Å²) in [6.45, 7) is 0. The van der Waals surface area contributed by atoms with Crippen LogP contribution in [0.4, 0.5) is 11.8 Å². The van der Waals surface area contributed by atoms with Gasteiger partial charge in [0.05, 0.1) is 5.69 Å². The second-order valence-electron chi connectivity index (χ2n) is 4.54. The summed E-state index contributed by atoms with van der Waals surface area (Å²) >= 11 is 0. The van der Waals surface area contributed by atoms with Crippen LogP contribution in [0, 0.1) is 0 Å². The maximum absolute atomic E-state index is 6.05. The molecule has 4 aromatic heterocycles. The molecule has 0 bridgehead atoms. The van der Waals surface area contributed by atoms with Gasteiger partial charge in [0, 0.05) is 31.2 Å². The van der Waals surface area contributed by atoms with Gasteiger partial charge >= 0.3 is 0 Å². The molecule has 0 saturated carbocycles. The third-order valence-electron chi connectivity index (χ3n) is 3.29. The molecule has 0 radical (unpaired) electrons. The minimum Gasteiger partial charge on any atom is -0.382 e. The Kier molecular flexibility index (Phi) is 2.31. The molecular formula is C13H12N8. The minimum atomic E-state index is 0.405. The summed E-state index contributed by atoms with van der Waals surface area (Å²) in [5, 5.41) is 11.7. The quantitative estimate of drug-likeness (QED) is 0.569. The fourth-order valence-corrected chi connectivity index (χ4v) is 2.32. The maximum atomic E-state index is 6.05. The summed E-state index contributed by atoms with van der Waals surface area (Å²) < 4.78 is 3.42. The molecule has 3 N–H and O–H groups in total. The Labute approximate surface area is 119 Å². The van der Waals surface area contributed by atoms with Crippen molar-refractivity contribution in [3.63, 3.8) is 0 Å². The molecule has 4 aromatic rings. The lowest BCUT2D eigenvalue weighted by atomic mass is 10.2. The normalized spacial score (nSPS) is 11.3. The van der Waals surface area contributed by atoms with E-state index in [0.717, 1.165) is 22.4 Å². The van der Waals surface area contributed by atoms with Crippen molar-refractivity contribution >= 4 is 22.9 Å². The zero-order valence-electron chi connectivity index (χ0n) is 11.2. The SMILES string of the molecule is CNc1nc(N)c2c(-c3ccc4nccn4n3)ccn2n1. The first-order valence-corrected chi connectivity index (χ1v) is 6.39. The minimum absolute atomic E-state index is 0.405. The molecule has 0 spiro atoms. The standard InChI is InChI=1S/C13H12N8/c1-15-13-17-12(14)11-8(4-6-21(11)19-13)9-2-3-10-16-5-7-20(10)18-9/h2-7H,1H3,(H3,14,15,17,19). The van der Waals surface area contributed by atoms with E-state index < -0.39 is 0 Å². The van der Waals surface area contributed by atoms with Crippen molar-refractivity contribution in [1.29, 1.82) is 0 Å². The summed E-state index contributed by atoms with van der Waals surface area (Å²) in [4.78, 5) is 8.40. The highest BCUT2D eigenvalue weighted by Gasteiger charge is 2.13. The second kappa shape index (κ2) is 4.17. The Morgan fingerprint density at radius 2 is 2.00 bits per heavy atom. The molecule has 0 atom stereocenters. The number of imidazole rings is 1. The summed E-state index contributed by atoms with van der Waals surface area (Å²) in [5.41, 5.74) is 9.25. The molecule has 4 rings (SSSR count). The van der Waals surface area contributed by atoms with Crippen molar-refractivity contribution in [2.24, 2.45) is 0 Å². The monoisotopic (exact) mass is 280 g/mol. The van der Waals surface area contributed by atoms with Crippen molar-refractivity contribution in [2.45, 2.75) is 0 Å². The van der Waals surface area contributed by atoms with E-state index in [2.05, 4.69) is 25.5 Å². The Morgan fingerprint density at radius 1 is 1.10 bits per heavy atom. The molecule has 0 saturated heterocycles. The van der Waals surface area contributed by atoms with E-state index in [0.29, 0.717) is 11.8 Å². The van der Waals surface area contributed by atoms with E-state index in [1.54, 1.807) is 28.5 Å². The van der Waals surface area contributed by atoms with E-state index >= 15 is 0 Å². The van der Waals surface area contributed by atoms with Crippen LogP contribution in [-0.2, 0) is 0 Å². The van der Waals surface area contributed by atoms with Gasteiger partial charge in [-0.2, -0.15) is 10.1 Å².